The van der Waals surface area contributed by atoms with E-state index in [1.54, 1.807) is 0 Å². The molecule has 0 aliphatic carbocycles. The van der Waals surface area contributed by atoms with Crippen molar-refractivity contribution in [2.45, 2.75) is 25.6 Å². The minimum Gasteiger partial charge on any atom is -0.489 e. The van der Waals surface area contributed by atoms with Crippen LogP contribution >= 0.6 is 0 Å². The lowest BCUT2D eigenvalue weighted by Gasteiger charge is -2.41. The summed E-state index contributed by atoms with van der Waals surface area (Å²) in [5, 5.41) is 3.27. The highest BCUT2D eigenvalue weighted by molar-refractivity contribution is 5.33. The van der Waals surface area contributed by atoms with Gasteiger partial charge in [0.15, 0.2) is 0 Å². The van der Waals surface area contributed by atoms with Gasteiger partial charge in [-0.3, -0.25) is 4.90 Å². The van der Waals surface area contributed by atoms with Crippen molar-refractivity contribution in [2.75, 3.05) is 20.1 Å². The Balaban J connectivity index is 1.62. The van der Waals surface area contributed by atoms with Crippen LogP contribution in [-0.4, -0.2) is 31.1 Å². The van der Waals surface area contributed by atoms with Gasteiger partial charge >= 0.3 is 0 Å². The van der Waals surface area contributed by atoms with E-state index in [2.05, 4.69) is 40.5 Å². The Morgan fingerprint density at radius 3 is 2.59 bits per heavy atom. The maximum absolute atomic E-state index is 6.05. The van der Waals surface area contributed by atoms with Gasteiger partial charge in [0, 0.05) is 31.2 Å². The molecule has 0 aromatic heterocycles. The molecule has 1 aliphatic rings. The monoisotopic (exact) mass is 296 g/mol. The number of likely N-dealkylation sites (tertiary alicyclic amines) is 1. The van der Waals surface area contributed by atoms with Gasteiger partial charge in [0.05, 0.1) is 0 Å². The quantitative estimate of drug-likeness (QED) is 0.850. The first-order valence-electron chi connectivity index (χ1n) is 8.00. The van der Waals surface area contributed by atoms with Gasteiger partial charge in [-0.1, -0.05) is 48.5 Å². The Labute approximate surface area is 132 Å². The Morgan fingerprint density at radius 2 is 1.86 bits per heavy atom. The first-order chi connectivity index (χ1) is 10.9. The molecule has 0 spiro atoms. The van der Waals surface area contributed by atoms with Gasteiger partial charge < -0.3 is 10.1 Å². The average molecular weight is 296 g/mol. The standard InChI is InChI=1S/C19H24N2O/c1-20-13-18-11-12-21(18)14-17-9-5-6-10-19(17)22-15-16-7-3-2-4-8-16/h2-10,18,20H,11-15H2,1H3. The number of ether oxygens (including phenoxy) is 1. The number of para-hydroxylation sites is 1. The molecular formula is C19H24N2O. The fraction of sp³-hybridized carbons (Fsp3) is 0.368. The van der Waals surface area contributed by atoms with Gasteiger partial charge in [-0.15, -0.1) is 0 Å². The van der Waals surface area contributed by atoms with Crippen LogP contribution in [0.5, 0.6) is 5.75 Å². The molecule has 3 rings (SSSR count). The number of rotatable bonds is 7. The van der Waals surface area contributed by atoms with Crippen LogP contribution in [0.2, 0.25) is 0 Å². The number of hydrogen-bond acceptors (Lipinski definition) is 3. The number of benzene rings is 2. The van der Waals surface area contributed by atoms with E-state index in [0.717, 1.165) is 18.8 Å². The van der Waals surface area contributed by atoms with Crippen molar-refractivity contribution >= 4 is 0 Å². The van der Waals surface area contributed by atoms with E-state index in [1.165, 1.54) is 24.1 Å². The topological polar surface area (TPSA) is 24.5 Å². The van der Waals surface area contributed by atoms with Crippen LogP contribution in [0.3, 0.4) is 0 Å². The molecule has 3 nitrogen and oxygen atoms in total. The van der Waals surface area contributed by atoms with Crippen molar-refractivity contribution in [1.29, 1.82) is 0 Å². The summed E-state index contributed by atoms with van der Waals surface area (Å²) < 4.78 is 6.05. The molecule has 0 bridgehead atoms. The van der Waals surface area contributed by atoms with E-state index in [1.807, 2.05) is 31.3 Å². The third kappa shape index (κ3) is 3.67. The predicted molar refractivity (Wildman–Crippen MR) is 90.0 cm³/mol. The number of likely N-dealkylation sites (N-methyl/N-ethyl adjacent to an activating group) is 1. The molecule has 0 radical (unpaired) electrons. The van der Waals surface area contributed by atoms with Crippen molar-refractivity contribution in [3.05, 3.63) is 65.7 Å². The highest BCUT2D eigenvalue weighted by Crippen LogP contribution is 2.26. The van der Waals surface area contributed by atoms with Crippen LogP contribution in [-0.2, 0) is 13.2 Å². The van der Waals surface area contributed by atoms with E-state index in [4.69, 9.17) is 4.74 Å². The fourth-order valence-electron chi connectivity index (χ4n) is 2.90. The fourth-order valence-corrected chi connectivity index (χ4v) is 2.90. The minimum absolute atomic E-state index is 0.623. The van der Waals surface area contributed by atoms with Crippen LogP contribution in [0, 0.1) is 0 Å². The zero-order chi connectivity index (χ0) is 15.2. The van der Waals surface area contributed by atoms with E-state index in [0.29, 0.717) is 12.6 Å². The van der Waals surface area contributed by atoms with Crippen molar-refractivity contribution in [3.63, 3.8) is 0 Å². The summed E-state index contributed by atoms with van der Waals surface area (Å²) >= 11 is 0. The lowest BCUT2D eigenvalue weighted by atomic mass is 10.0. The highest BCUT2D eigenvalue weighted by Gasteiger charge is 2.27. The second-order valence-corrected chi connectivity index (χ2v) is 5.85. The summed E-state index contributed by atoms with van der Waals surface area (Å²) in [6, 6.07) is 19.4. The molecular weight excluding hydrogens is 272 g/mol. The van der Waals surface area contributed by atoms with Gasteiger partial charge in [0.2, 0.25) is 0 Å². The predicted octanol–water partition coefficient (Wildman–Crippen LogP) is 3.06. The lowest BCUT2D eigenvalue weighted by molar-refractivity contribution is 0.0816. The van der Waals surface area contributed by atoms with Gasteiger partial charge in [-0.05, 0) is 25.1 Å². The second kappa shape index (κ2) is 7.43. The summed E-state index contributed by atoms with van der Waals surface area (Å²) in [6.45, 7) is 3.83. The van der Waals surface area contributed by atoms with Crippen LogP contribution in [0.4, 0.5) is 0 Å². The first-order valence-corrected chi connectivity index (χ1v) is 8.00. The molecule has 3 heteroatoms. The third-order valence-electron chi connectivity index (χ3n) is 4.29. The highest BCUT2D eigenvalue weighted by atomic mass is 16.5. The Hall–Kier alpha value is -1.84. The zero-order valence-electron chi connectivity index (χ0n) is 13.2. The average Bonchev–Trinajstić information content (AvgIpc) is 2.56. The van der Waals surface area contributed by atoms with E-state index < -0.39 is 0 Å². The summed E-state index contributed by atoms with van der Waals surface area (Å²) in [7, 11) is 2.02. The zero-order valence-corrected chi connectivity index (χ0v) is 13.2. The minimum atomic E-state index is 0.623. The largest absolute Gasteiger partial charge is 0.489 e. The Kier molecular flexibility index (Phi) is 5.09. The Morgan fingerprint density at radius 1 is 1.09 bits per heavy atom. The van der Waals surface area contributed by atoms with Crippen molar-refractivity contribution < 1.29 is 4.74 Å². The van der Waals surface area contributed by atoms with E-state index in [9.17, 15) is 0 Å². The maximum atomic E-state index is 6.05. The smallest absolute Gasteiger partial charge is 0.124 e. The molecule has 1 aliphatic heterocycles. The van der Waals surface area contributed by atoms with Gasteiger partial charge in [0.1, 0.15) is 12.4 Å². The van der Waals surface area contributed by atoms with Crippen LogP contribution < -0.4 is 10.1 Å². The molecule has 2 aromatic rings. The normalized spacial score (nSPS) is 18.0. The van der Waals surface area contributed by atoms with Gasteiger partial charge in [-0.25, -0.2) is 0 Å². The van der Waals surface area contributed by atoms with Gasteiger partial charge in [-0.2, -0.15) is 0 Å². The number of nitrogens with one attached hydrogen (secondary N) is 1. The van der Waals surface area contributed by atoms with Crippen molar-refractivity contribution in [3.8, 4) is 5.75 Å². The Bertz CT molecular complexity index is 585. The molecule has 22 heavy (non-hydrogen) atoms. The SMILES string of the molecule is CNCC1CCN1Cc1ccccc1OCc1ccccc1. The molecule has 1 saturated heterocycles. The molecule has 0 saturated carbocycles. The van der Waals surface area contributed by atoms with Crippen molar-refractivity contribution in [2.24, 2.45) is 0 Å². The van der Waals surface area contributed by atoms with E-state index in [-0.39, 0.29) is 0 Å². The first kappa shape index (κ1) is 15.1. The van der Waals surface area contributed by atoms with E-state index >= 15 is 0 Å². The molecule has 1 heterocycles. The summed E-state index contributed by atoms with van der Waals surface area (Å²) in [5.74, 6) is 1.00. The van der Waals surface area contributed by atoms with Gasteiger partial charge in [0.25, 0.3) is 0 Å². The summed E-state index contributed by atoms with van der Waals surface area (Å²) in [5.41, 5.74) is 2.48. The molecule has 1 atom stereocenters. The second-order valence-electron chi connectivity index (χ2n) is 5.85. The molecule has 2 aromatic carbocycles. The molecule has 0 amide bonds. The van der Waals surface area contributed by atoms with Crippen molar-refractivity contribution in [1.82, 2.24) is 10.2 Å². The molecule has 116 valence electrons. The number of hydrogen-bond donors (Lipinski definition) is 1. The molecule has 1 unspecified atom stereocenters. The summed E-state index contributed by atoms with van der Waals surface area (Å²) in [4.78, 5) is 2.52. The lowest BCUT2D eigenvalue weighted by Crippen LogP contribution is -2.51. The number of nitrogens with zero attached hydrogens (tertiary/aromatic N) is 1. The third-order valence-corrected chi connectivity index (χ3v) is 4.29. The van der Waals surface area contributed by atoms with Crippen LogP contribution in [0.25, 0.3) is 0 Å². The molecule has 1 fully saturated rings. The summed E-state index contributed by atoms with van der Waals surface area (Å²) in [6.07, 6.45) is 1.29. The van der Waals surface area contributed by atoms with Crippen LogP contribution in [0.15, 0.2) is 54.6 Å². The molecule has 1 N–H and O–H groups in total. The van der Waals surface area contributed by atoms with Crippen LogP contribution in [0.1, 0.15) is 17.5 Å². The maximum Gasteiger partial charge on any atom is 0.124 e.